The van der Waals surface area contributed by atoms with E-state index in [0.29, 0.717) is 29.8 Å². The van der Waals surface area contributed by atoms with Crippen molar-refractivity contribution in [2.75, 3.05) is 21.3 Å². The van der Waals surface area contributed by atoms with Gasteiger partial charge in [-0.05, 0) is 81.9 Å². The van der Waals surface area contributed by atoms with E-state index in [0.717, 1.165) is 46.4 Å². The average molecular weight is 498 g/mol. The van der Waals surface area contributed by atoms with Crippen molar-refractivity contribution < 1.29 is 9.47 Å². The summed E-state index contributed by atoms with van der Waals surface area (Å²) in [6.45, 7) is 3.88. The molecule has 2 aliphatic carbocycles. The van der Waals surface area contributed by atoms with Crippen molar-refractivity contribution in [3.63, 3.8) is 0 Å². The number of hydrogen-bond donors (Lipinski definition) is 0. The topological polar surface area (TPSA) is 81.3 Å². The van der Waals surface area contributed by atoms with Crippen molar-refractivity contribution in [3.05, 3.63) is 64.4 Å². The molecule has 0 N–H and O–H groups in total. The lowest BCUT2D eigenvalue weighted by Crippen LogP contribution is -2.05. The zero-order valence-corrected chi connectivity index (χ0v) is 22.4. The van der Waals surface area contributed by atoms with Crippen molar-refractivity contribution in [3.8, 4) is 11.5 Å². The maximum Gasteiger partial charge on any atom is 0.160 e. The van der Waals surface area contributed by atoms with Gasteiger partial charge in [0.1, 0.15) is 11.7 Å². The zero-order valence-electron chi connectivity index (χ0n) is 22.4. The van der Waals surface area contributed by atoms with Crippen LogP contribution in [0.4, 0.5) is 0 Å². The molecular weight excluding hydrogens is 462 g/mol. The number of amidine groups is 1. The predicted molar refractivity (Wildman–Crippen MR) is 149 cm³/mol. The molecule has 192 valence electrons. The number of rotatable bonds is 8. The van der Waals surface area contributed by atoms with E-state index in [2.05, 4.69) is 17.1 Å². The first kappa shape index (κ1) is 25.1. The molecule has 0 saturated heterocycles. The van der Waals surface area contributed by atoms with Crippen LogP contribution in [0.25, 0.3) is 6.08 Å². The summed E-state index contributed by atoms with van der Waals surface area (Å²) in [6.07, 6.45) is 11.1. The first-order chi connectivity index (χ1) is 18.0. The third-order valence-corrected chi connectivity index (χ3v) is 7.26. The molecule has 5 rings (SSSR count). The van der Waals surface area contributed by atoms with Crippen LogP contribution in [0.15, 0.2) is 56.6 Å². The van der Waals surface area contributed by atoms with E-state index in [1.165, 1.54) is 31.4 Å². The second kappa shape index (κ2) is 10.8. The molecule has 0 amide bonds. The number of benzene rings is 1. The highest BCUT2D eigenvalue weighted by Crippen LogP contribution is 2.48. The quantitative estimate of drug-likeness (QED) is 0.423. The second-order valence-electron chi connectivity index (χ2n) is 9.98. The number of hydrogen-bond acceptors (Lipinski definition) is 7. The summed E-state index contributed by atoms with van der Waals surface area (Å²) in [6, 6.07) is 8.05. The Labute approximate surface area is 219 Å². The summed E-state index contributed by atoms with van der Waals surface area (Å²) in [5.74, 6) is 3.78. The zero-order chi connectivity index (χ0) is 25.9. The van der Waals surface area contributed by atoms with Crippen molar-refractivity contribution in [1.29, 1.82) is 0 Å². The van der Waals surface area contributed by atoms with Gasteiger partial charge in [0.2, 0.25) is 0 Å². The van der Waals surface area contributed by atoms with Gasteiger partial charge in [-0.2, -0.15) is 0 Å². The molecule has 2 unspecified atom stereocenters. The van der Waals surface area contributed by atoms with Crippen LogP contribution in [-0.2, 0) is 6.42 Å². The number of ether oxygens (including phenoxy) is 2. The fourth-order valence-electron chi connectivity index (χ4n) is 5.33. The molecule has 0 radical (unpaired) electrons. The lowest BCUT2D eigenvalue weighted by atomic mass is 10.0. The van der Waals surface area contributed by atoms with E-state index < -0.39 is 0 Å². The molecule has 7 heteroatoms. The Kier molecular flexibility index (Phi) is 7.31. The summed E-state index contributed by atoms with van der Waals surface area (Å²) >= 11 is 0. The lowest BCUT2D eigenvalue weighted by Gasteiger charge is -2.10. The van der Waals surface area contributed by atoms with Gasteiger partial charge < -0.3 is 9.47 Å². The molecule has 37 heavy (non-hydrogen) atoms. The Morgan fingerprint density at radius 1 is 1.03 bits per heavy atom. The smallest absolute Gasteiger partial charge is 0.160 e. The number of aromatic nitrogens is 2. The van der Waals surface area contributed by atoms with Gasteiger partial charge >= 0.3 is 0 Å². The minimum atomic E-state index is 0.393. The van der Waals surface area contributed by atoms with Crippen LogP contribution < -0.4 is 9.47 Å². The Balaban J connectivity index is 1.36. The van der Waals surface area contributed by atoms with Crippen LogP contribution in [0.2, 0.25) is 0 Å². The van der Waals surface area contributed by atoms with E-state index >= 15 is 0 Å². The molecule has 2 atom stereocenters. The molecule has 7 nitrogen and oxygen atoms in total. The van der Waals surface area contributed by atoms with Crippen LogP contribution >= 0.6 is 0 Å². The van der Waals surface area contributed by atoms with Gasteiger partial charge in [-0.3, -0.25) is 4.99 Å². The summed E-state index contributed by atoms with van der Waals surface area (Å²) in [5, 5.41) is 0. The van der Waals surface area contributed by atoms with Gasteiger partial charge in [-0.15, -0.1) is 0 Å². The van der Waals surface area contributed by atoms with Crippen molar-refractivity contribution in [2.45, 2.75) is 58.3 Å². The van der Waals surface area contributed by atoms with E-state index in [1.54, 1.807) is 19.8 Å². The minimum absolute atomic E-state index is 0.393. The predicted octanol–water partition coefficient (Wildman–Crippen LogP) is 5.93. The van der Waals surface area contributed by atoms with E-state index in [-0.39, 0.29) is 0 Å². The van der Waals surface area contributed by atoms with Crippen LogP contribution in [0, 0.1) is 12.8 Å². The highest BCUT2D eigenvalue weighted by molar-refractivity contribution is 6.15. The second-order valence-corrected chi connectivity index (χ2v) is 9.98. The minimum Gasteiger partial charge on any atom is -0.493 e. The molecule has 1 aromatic carbocycles. The van der Waals surface area contributed by atoms with E-state index in [4.69, 9.17) is 29.4 Å². The molecule has 0 bridgehead atoms. The van der Waals surface area contributed by atoms with Crippen LogP contribution in [-0.4, -0.2) is 48.5 Å². The maximum atomic E-state index is 5.47. The molecule has 2 fully saturated rings. The van der Waals surface area contributed by atoms with Gasteiger partial charge in [-0.25, -0.2) is 20.0 Å². The molecule has 3 aliphatic rings. The third kappa shape index (κ3) is 5.71. The molecule has 1 aromatic heterocycles. The maximum absolute atomic E-state index is 5.47. The first-order valence-corrected chi connectivity index (χ1v) is 13.0. The number of aliphatic imine (C=N–C) groups is 3. The van der Waals surface area contributed by atoms with Crippen molar-refractivity contribution in [2.24, 2.45) is 20.9 Å². The average Bonchev–Trinajstić information content (AvgIpc) is 3.37. The fraction of sp³-hybridized carbons (Fsp3) is 0.433. The molecule has 2 heterocycles. The first-order valence-electron chi connectivity index (χ1n) is 13.0. The summed E-state index contributed by atoms with van der Waals surface area (Å²) < 4.78 is 10.8. The van der Waals surface area contributed by atoms with Gasteiger partial charge in [0.05, 0.1) is 31.3 Å². The van der Waals surface area contributed by atoms with E-state index in [9.17, 15) is 0 Å². The van der Waals surface area contributed by atoms with E-state index in [1.807, 2.05) is 45.2 Å². The number of allylic oxidation sites excluding steroid dienone is 3. The van der Waals surface area contributed by atoms with Gasteiger partial charge in [-0.1, -0.05) is 11.6 Å². The molecule has 2 aromatic rings. The lowest BCUT2D eigenvalue weighted by molar-refractivity contribution is 0.354. The summed E-state index contributed by atoms with van der Waals surface area (Å²) in [7, 11) is 5.20. The SMILES string of the molecule is C/N=C(\C=C1CCCC1)C1CC1c1cc(/C=C2\N=C(C)N=C2Cc2ccc(OC)c(OC)c2)nc(C)n1. The Bertz CT molecular complexity index is 1340. The van der Waals surface area contributed by atoms with Crippen LogP contribution in [0.3, 0.4) is 0 Å². The van der Waals surface area contributed by atoms with Crippen molar-refractivity contribution >= 4 is 23.3 Å². The van der Waals surface area contributed by atoms with Gasteiger partial charge in [0.25, 0.3) is 0 Å². The molecule has 0 spiro atoms. The number of aryl methyl sites for hydroxylation is 1. The largest absolute Gasteiger partial charge is 0.493 e. The fourth-order valence-corrected chi connectivity index (χ4v) is 5.33. The number of methoxy groups -OCH3 is 2. The third-order valence-electron chi connectivity index (χ3n) is 7.26. The monoisotopic (exact) mass is 497 g/mol. The summed E-state index contributed by atoms with van der Waals surface area (Å²) in [5.41, 5.74) is 7.55. The van der Waals surface area contributed by atoms with Crippen molar-refractivity contribution in [1.82, 2.24) is 9.97 Å². The highest BCUT2D eigenvalue weighted by Gasteiger charge is 2.42. The molecule has 2 saturated carbocycles. The Morgan fingerprint density at radius 2 is 1.81 bits per heavy atom. The number of nitrogens with zero attached hydrogens (tertiary/aromatic N) is 5. The highest BCUT2D eigenvalue weighted by atomic mass is 16.5. The van der Waals surface area contributed by atoms with Crippen LogP contribution in [0.5, 0.6) is 11.5 Å². The Hall–Kier alpha value is -3.61. The normalized spacial score (nSPS) is 22.2. The summed E-state index contributed by atoms with van der Waals surface area (Å²) in [4.78, 5) is 23.5. The molecular formula is C30H35N5O2. The van der Waals surface area contributed by atoms with Gasteiger partial charge in [0, 0.05) is 36.7 Å². The molecule has 1 aliphatic heterocycles. The Morgan fingerprint density at radius 3 is 2.54 bits per heavy atom. The standard InChI is InChI=1S/C30H35N5O2/c1-18-32-22(15-26(33-18)24-17-23(24)25(31-3)12-20-8-6-7-9-20)16-28-27(34-19(2)35-28)13-21-10-11-29(36-4)30(14-21)37-5/h10-12,14-16,23-24H,6-9,13,17H2,1-5H3/b28-16-,31-25+. The van der Waals surface area contributed by atoms with Gasteiger partial charge in [0.15, 0.2) is 11.5 Å². The van der Waals surface area contributed by atoms with Crippen LogP contribution in [0.1, 0.15) is 67.7 Å².